The van der Waals surface area contributed by atoms with Gasteiger partial charge in [0.1, 0.15) is 0 Å². The summed E-state index contributed by atoms with van der Waals surface area (Å²) in [5.74, 6) is 0.223. The summed E-state index contributed by atoms with van der Waals surface area (Å²) in [6.07, 6.45) is 5.06. The van der Waals surface area contributed by atoms with E-state index in [9.17, 15) is 4.79 Å². The zero-order valence-electron chi connectivity index (χ0n) is 15.2. The predicted octanol–water partition coefficient (Wildman–Crippen LogP) is 2.48. The van der Waals surface area contributed by atoms with E-state index in [2.05, 4.69) is 38.9 Å². The highest BCUT2D eigenvalue weighted by molar-refractivity contribution is 5.90. The number of nitrogens with zero attached hydrogens (tertiary/aromatic N) is 3. The molecule has 1 aliphatic rings. The van der Waals surface area contributed by atoms with Gasteiger partial charge in [-0.15, -0.1) is 0 Å². The van der Waals surface area contributed by atoms with Gasteiger partial charge in [0.2, 0.25) is 5.91 Å². The summed E-state index contributed by atoms with van der Waals surface area (Å²) in [6.45, 7) is 6.45. The molecular formula is C20H25N5O. The molecule has 6 heteroatoms. The second-order valence-electron chi connectivity index (χ2n) is 7.04. The Balaban J connectivity index is 1.41. The van der Waals surface area contributed by atoms with Gasteiger partial charge in [-0.3, -0.25) is 9.69 Å². The molecule has 4 rings (SSSR count). The maximum absolute atomic E-state index is 12.9. The number of fused-ring (bicyclic) bond motifs is 1. The zero-order chi connectivity index (χ0) is 17.9. The molecule has 3 heterocycles. The van der Waals surface area contributed by atoms with Crippen molar-refractivity contribution in [3.8, 4) is 0 Å². The van der Waals surface area contributed by atoms with Crippen LogP contribution in [0.4, 0.5) is 0 Å². The van der Waals surface area contributed by atoms with Crippen molar-refractivity contribution in [2.45, 2.75) is 26.3 Å². The van der Waals surface area contributed by atoms with Gasteiger partial charge < -0.3 is 14.9 Å². The number of benzene rings is 1. The molecule has 1 amide bonds. The first-order valence-electron chi connectivity index (χ1n) is 9.24. The van der Waals surface area contributed by atoms with Gasteiger partial charge in [0.25, 0.3) is 0 Å². The van der Waals surface area contributed by atoms with Gasteiger partial charge >= 0.3 is 0 Å². The van der Waals surface area contributed by atoms with E-state index >= 15 is 0 Å². The number of carbonyl (C=O) groups is 1. The Morgan fingerprint density at radius 2 is 2.08 bits per heavy atom. The van der Waals surface area contributed by atoms with E-state index in [0.717, 1.165) is 67.0 Å². The van der Waals surface area contributed by atoms with E-state index < -0.39 is 0 Å². The third kappa shape index (κ3) is 3.51. The number of aromatic amines is 2. The largest absolute Gasteiger partial charge is 0.358 e. The molecule has 1 fully saturated rings. The maximum Gasteiger partial charge on any atom is 0.227 e. The van der Waals surface area contributed by atoms with Gasteiger partial charge in [-0.2, -0.15) is 0 Å². The molecule has 0 aliphatic carbocycles. The average Bonchev–Trinajstić information content (AvgIpc) is 3.17. The molecule has 2 N–H and O–H groups in total. The van der Waals surface area contributed by atoms with Gasteiger partial charge in [-0.1, -0.05) is 18.2 Å². The molecule has 0 spiro atoms. The SMILES string of the molecule is Cc1[nH]c2ccccc2c1CC(=O)N1CCCN(Cc2cnc[nH]2)CC1. The van der Waals surface area contributed by atoms with Crippen LogP contribution < -0.4 is 0 Å². The lowest BCUT2D eigenvalue weighted by molar-refractivity contribution is -0.130. The Labute approximate surface area is 153 Å². The first kappa shape index (κ1) is 16.8. The lowest BCUT2D eigenvalue weighted by atomic mass is 10.1. The number of H-pyrrole nitrogens is 2. The van der Waals surface area contributed by atoms with Crippen LogP contribution >= 0.6 is 0 Å². The van der Waals surface area contributed by atoms with Crippen LogP contribution in [0.5, 0.6) is 0 Å². The van der Waals surface area contributed by atoms with Gasteiger partial charge in [-0.25, -0.2) is 4.98 Å². The minimum Gasteiger partial charge on any atom is -0.358 e. The fraction of sp³-hybridized carbons (Fsp3) is 0.400. The van der Waals surface area contributed by atoms with Crippen LogP contribution in [-0.4, -0.2) is 56.8 Å². The van der Waals surface area contributed by atoms with Crippen LogP contribution in [0.15, 0.2) is 36.8 Å². The Bertz CT molecular complexity index is 883. The normalized spacial score (nSPS) is 16.1. The highest BCUT2D eigenvalue weighted by Gasteiger charge is 2.21. The Hall–Kier alpha value is -2.60. The van der Waals surface area contributed by atoms with Crippen molar-refractivity contribution in [3.05, 3.63) is 53.7 Å². The number of imidazole rings is 1. The molecule has 0 radical (unpaired) electrons. The minimum atomic E-state index is 0.223. The molecule has 0 atom stereocenters. The van der Waals surface area contributed by atoms with Gasteiger partial charge in [0, 0.05) is 61.2 Å². The summed E-state index contributed by atoms with van der Waals surface area (Å²) in [4.78, 5) is 27.9. The molecule has 136 valence electrons. The summed E-state index contributed by atoms with van der Waals surface area (Å²) in [5.41, 5.74) is 4.45. The topological polar surface area (TPSA) is 68.0 Å². The first-order chi connectivity index (χ1) is 12.7. The fourth-order valence-corrected chi connectivity index (χ4v) is 3.82. The van der Waals surface area contributed by atoms with Crippen molar-refractivity contribution in [1.82, 2.24) is 24.8 Å². The summed E-state index contributed by atoms with van der Waals surface area (Å²) in [5, 5.41) is 1.16. The highest BCUT2D eigenvalue weighted by Crippen LogP contribution is 2.23. The number of amides is 1. The summed E-state index contributed by atoms with van der Waals surface area (Å²) < 4.78 is 0. The number of aromatic nitrogens is 3. The lowest BCUT2D eigenvalue weighted by Gasteiger charge is -2.22. The third-order valence-corrected chi connectivity index (χ3v) is 5.25. The molecule has 3 aromatic rings. The number of carbonyl (C=O) groups excluding carboxylic acids is 1. The minimum absolute atomic E-state index is 0.223. The van der Waals surface area contributed by atoms with Crippen LogP contribution in [0.1, 0.15) is 23.4 Å². The van der Waals surface area contributed by atoms with Crippen LogP contribution in [0, 0.1) is 6.92 Å². The second-order valence-corrected chi connectivity index (χ2v) is 7.04. The number of hydrogen-bond acceptors (Lipinski definition) is 3. The van der Waals surface area contributed by atoms with Gasteiger partial charge in [0.15, 0.2) is 0 Å². The van der Waals surface area contributed by atoms with Gasteiger partial charge in [-0.05, 0) is 25.0 Å². The van der Waals surface area contributed by atoms with Crippen molar-refractivity contribution in [2.24, 2.45) is 0 Å². The Kier molecular flexibility index (Phi) is 4.75. The van der Waals surface area contributed by atoms with Gasteiger partial charge in [0.05, 0.1) is 12.7 Å². The number of rotatable bonds is 4. The first-order valence-corrected chi connectivity index (χ1v) is 9.24. The van der Waals surface area contributed by atoms with Crippen molar-refractivity contribution in [1.29, 1.82) is 0 Å². The summed E-state index contributed by atoms with van der Waals surface area (Å²) in [6, 6.07) is 8.21. The smallest absolute Gasteiger partial charge is 0.227 e. The van der Waals surface area contributed by atoms with Crippen LogP contribution in [0.3, 0.4) is 0 Å². The summed E-state index contributed by atoms with van der Waals surface area (Å²) in [7, 11) is 0. The van der Waals surface area contributed by atoms with Crippen molar-refractivity contribution >= 4 is 16.8 Å². The summed E-state index contributed by atoms with van der Waals surface area (Å²) >= 11 is 0. The number of aryl methyl sites for hydroxylation is 1. The van der Waals surface area contributed by atoms with E-state index in [4.69, 9.17) is 0 Å². The van der Waals surface area contributed by atoms with Crippen LogP contribution in [0.25, 0.3) is 10.9 Å². The quantitative estimate of drug-likeness (QED) is 0.759. The van der Waals surface area contributed by atoms with Crippen molar-refractivity contribution < 1.29 is 4.79 Å². The molecule has 0 saturated carbocycles. The van der Waals surface area contributed by atoms with E-state index in [1.54, 1.807) is 6.33 Å². The molecule has 26 heavy (non-hydrogen) atoms. The van der Waals surface area contributed by atoms with Crippen LogP contribution in [-0.2, 0) is 17.8 Å². The van der Waals surface area contributed by atoms with Crippen LogP contribution in [0.2, 0.25) is 0 Å². The molecule has 0 bridgehead atoms. The standard InChI is InChI=1S/C20H25N5O/c1-15-18(17-5-2-3-6-19(17)23-15)11-20(26)25-8-4-7-24(9-10-25)13-16-12-21-14-22-16/h2-3,5-6,12,14,23H,4,7-11,13H2,1H3,(H,21,22). The predicted molar refractivity (Wildman–Crippen MR) is 102 cm³/mol. The molecule has 1 aliphatic heterocycles. The molecule has 6 nitrogen and oxygen atoms in total. The number of nitrogens with one attached hydrogen (secondary N) is 2. The van der Waals surface area contributed by atoms with E-state index in [1.165, 1.54) is 0 Å². The Morgan fingerprint density at radius 1 is 1.19 bits per heavy atom. The fourth-order valence-electron chi connectivity index (χ4n) is 3.82. The van der Waals surface area contributed by atoms with E-state index in [1.807, 2.05) is 23.2 Å². The van der Waals surface area contributed by atoms with E-state index in [-0.39, 0.29) is 5.91 Å². The van der Waals surface area contributed by atoms with Crippen molar-refractivity contribution in [3.63, 3.8) is 0 Å². The molecular weight excluding hydrogens is 326 g/mol. The molecule has 0 unspecified atom stereocenters. The number of hydrogen-bond donors (Lipinski definition) is 2. The maximum atomic E-state index is 12.9. The zero-order valence-corrected chi connectivity index (χ0v) is 15.2. The van der Waals surface area contributed by atoms with Crippen molar-refractivity contribution in [2.75, 3.05) is 26.2 Å². The monoisotopic (exact) mass is 351 g/mol. The molecule has 1 saturated heterocycles. The molecule has 2 aromatic heterocycles. The van der Waals surface area contributed by atoms with E-state index in [0.29, 0.717) is 6.42 Å². The molecule has 1 aromatic carbocycles. The third-order valence-electron chi connectivity index (χ3n) is 5.25. The second kappa shape index (κ2) is 7.33. The number of para-hydroxylation sites is 1. The Morgan fingerprint density at radius 3 is 2.92 bits per heavy atom. The average molecular weight is 351 g/mol. The highest BCUT2D eigenvalue weighted by atomic mass is 16.2. The lowest BCUT2D eigenvalue weighted by Crippen LogP contribution is -2.36.